The second-order valence-corrected chi connectivity index (χ2v) is 19.1. The predicted molar refractivity (Wildman–Crippen MR) is 252 cm³/mol. The zero-order valence-corrected chi connectivity index (χ0v) is 40.4. The van der Waals surface area contributed by atoms with Crippen LogP contribution in [-0.4, -0.2) is 37.2 Å². The predicted octanol–water partition coefficient (Wildman–Crippen LogP) is 16.9. The number of hydrogen-bond acceptors (Lipinski definition) is 6. The van der Waals surface area contributed by atoms with Gasteiger partial charge < -0.3 is 14.2 Å². The third kappa shape index (κ3) is 47.3. The van der Waals surface area contributed by atoms with E-state index in [4.69, 9.17) is 14.2 Å². The van der Waals surface area contributed by atoms with Crippen LogP contribution in [0, 0.1) is 11.8 Å². The van der Waals surface area contributed by atoms with Crippen LogP contribution in [0.3, 0.4) is 0 Å². The molecule has 0 saturated heterocycles. The summed E-state index contributed by atoms with van der Waals surface area (Å²) >= 11 is 0. The van der Waals surface area contributed by atoms with E-state index in [-0.39, 0.29) is 31.1 Å². The summed E-state index contributed by atoms with van der Waals surface area (Å²) in [6, 6.07) is 0. The monoisotopic (exact) mass is 835 g/mol. The largest absolute Gasteiger partial charge is 0.462 e. The summed E-state index contributed by atoms with van der Waals surface area (Å²) < 4.78 is 16.8. The standard InChI is InChI=1S/C53H102O6/c1-6-7-8-9-26-33-38-43-51(54)57-46-50(47-58-52(55)44-39-34-29-24-20-17-13-15-19-23-28-32-37-42-49(4)5)59-53(56)45-40-35-30-25-21-16-12-10-11-14-18-22-27-31-36-41-48(2)3/h48-50H,6-47H2,1-5H3/t50-/m1/s1. The lowest BCUT2D eigenvalue weighted by molar-refractivity contribution is -0.167. The highest BCUT2D eigenvalue weighted by atomic mass is 16.6. The van der Waals surface area contributed by atoms with Crippen molar-refractivity contribution in [2.24, 2.45) is 11.8 Å². The van der Waals surface area contributed by atoms with Crippen molar-refractivity contribution in [2.75, 3.05) is 13.2 Å². The summed E-state index contributed by atoms with van der Waals surface area (Å²) in [5.41, 5.74) is 0. The van der Waals surface area contributed by atoms with Crippen molar-refractivity contribution in [3.8, 4) is 0 Å². The Balaban J connectivity index is 4.19. The topological polar surface area (TPSA) is 78.9 Å². The Bertz CT molecular complexity index is 900. The fourth-order valence-electron chi connectivity index (χ4n) is 7.99. The Labute approximate surface area is 368 Å². The second-order valence-electron chi connectivity index (χ2n) is 19.1. The molecule has 0 aromatic heterocycles. The molecule has 0 saturated carbocycles. The third-order valence-corrected chi connectivity index (χ3v) is 12.0. The first-order chi connectivity index (χ1) is 28.7. The Morgan fingerprint density at radius 2 is 0.559 bits per heavy atom. The molecule has 6 nitrogen and oxygen atoms in total. The van der Waals surface area contributed by atoms with Crippen molar-refractivity contribution in [3.63, 3.8) is 0 Å². The summed E-state index contributed by atoms with van der Waals surface area (Å²) in [6.45, 7) is 11.4. The first-order valence-corrected chi connectivity index (χ1v) is 26.2. The SMILES string of the molecule is CCCCCCCCCC(=O)OC[C@H](COC(=O)CCCCCCCCCCCCCCCC(C)C)OC(=O)CCCCCCCCCCCCCCCCCC(C)C. The van der Waals surface area contributed by atoms with Crippen LogP contribution in [-0.2, 0) is 28.6 Å². The van der Waals surface area contributed by atoms with Crippen molar-refractivity contribution < 1.29 is 28.6 Å². The van der Waals surface area contributed by atoms with Gasteiger partial charge in [-0.15, -0.1) is 0 Å². The first kappa shape index (κ1) is 57.4. The molecule has 6 heteroatoms. The second kappa shape index (κ2) is 45.9. The molecule has 0 amide bonds. The van der Waals surface area contributed by atoms with Crippen LogP contribution in [0.1, 0.15) is 291 Å². The van der Waals surface area contributed by atoms with Crippen molar-refractivity contribution in [3.05, 3.63) is 0 Å². The van der Waals surface area contributed by atoms with Gasteiger partial charge in [0.25, 0.3) is 0 Å². The number of ether oxygens (including phenoxy) is 3. The minimum absolute atomic E-state index is 0.0638. The van der Waals surface area contributed by atoms with Crippen LogP contribution in [0.4, 0.5) is 0 Å². The van der Waals surface area contributed by atoms with Gasteiger partial charge in [-0.25, -0.2) is 0 Å². The number of carbonyl (C=O) groups excluding carboxylic acids is 3. The molecular weight excluding hydrogens is 733 g/mol. The molecule has 0 rings (SSSR count). The molecule has 0 unspecified atom stereocenters. The van der Waals surface area contributed by atoms with E-state index in [1.807, 2.05) is 0 Å². The number of hydrogen-bond donors (Lipinski definition) is 0. The van der Waals surface area contributed by atoms with Gasteiger partial charge in [0.1, 0.15) is 13.2 Å². The molecule has 0 aliphatic carbocycles. The van der Waals surface area contributed by atoms with Gasteiger partial charge in [0, 0.05) is 19.3 Å². The number of rotatable bonds is 47. The molecule has 0 spiro atoms. The summed E-state index contributed by atoms with van der Waals surface area (Å²) in [5, 5.41) is 0. The van der Waals surface area contributed by atoms with E-state index in [1.54, 1.807) is 0 Å². The lowest BCUT2D eigenvalue weighted by atomic mass is 10.0. The van der Waals surface area contributed by atoms with Gasteiger partial charge in [0.2, 0.25) is 0 Å². The van der Waals surface area contributed by atoms with E-state index in [1.165, 1.54) is 180 Å². The molecule has 0 aliphatic heterocycles. The van der Waals surface area contributed by atoms with Gasteiger partial charge in [-0.2, -0.15) is 0 Å². The Morgan fingerprint density at radius 3 is 0.831 bits per heavy atom. The fraction of sp³-hybridized carbons (Fsp3) is 0.943. The normalized spacial score (nSPS) is 12.1. The highest BCUT2D eigenvalue weighted by molar-refractivity contribution is 5.71. The average Bonchev–Trinajstić information content (AvgIpc) is 3.20. The van der Waals surface area contributed by atoms with Gasteiger partial charge in [-0.05, 0) is 31.1 Å². The van der Waals surface area contributed by atoms with E-state index in [0.717, 1.165) is 69.6 Å². The van der Waals surface area contributed by atoms with Crippen molar-refractivity contribution in [1.29, 1.82) is 0 Å². The lowest BCUT2D eigenvalue weighted by Crippen LogP contribution is -2.30. The molecule has 0 aromatic rings. The van der Waals surface area contributed by atoms with E-state index in [0.29, 0.717) is 19.3 Å². The maximum absolute atomic E-state index is 12.8. The van der Waals surface area contributed by atoms with Gasteiger partial charge in [0.05, 0.1) is 0 Å². The molecule has 0 heterocycles. The minimum atomic E-state index is -0.760. The summed E-state index contributed by atoms with van der Waals surface area (Å²) in [6.07, 6.45) is 46.7. The van der Waals surface area contributed by atoms with Crippen LogP contribution in [0.2, 0.25) is 0 Å². The first-order valence-electron chi connectivity index (χ1n) is 26.2. The van der Waals surface area contributed by atoms with Gasteiger partial charge in [0.15, 0.2) is 6.10 Å². The third-order valence-electron chi connectivity index (χ3n) is 12.0. The smallest absolute Gasteiger partial charge is 0.306 e. The van der Waals surface area contributed by atoms with Gasteiger partial charge in [-0.1, -0.05) is 253 Å². The molecule has 0 N–H and O–H groups in total. The maximum atomic E-state index is 12.8. The van der Waals surface area contributed by atoms with Crippen LogP contribution in [0.15, 0.2) is 0 Å². The van der Waals surface area contributed by atoms with Crippen LogP contribution in [0.5, 0.6) is 0 Å². The number of unbranched alkanes of at least 4 members (excludes halogenated alkanes) is 32. The molecular formula is C53H102O6. The molecule has 0 aliphatic rings. The number of esters is 3. The summed E-state index contributed by atoms with van der Waals surface area (Å²) in [7, 11) is 0. The maximum Gasteiger partial charge on any atom is 0.306 e. The Morgan fingerprint density at radius 1 is 0.322 bits per heavy atom. The molecule has 0 bridgehead atoms. The number of carbonyl (C=O) groups is 3. The molecule has 350 valence electrons. The molecule has 1 atom stereocenters. The van der Waals surface area contributed by atoms with Crippen molar-refractivity contribution in [1.82, 2.24) is 0 Å². The van der Waals surface area contributed by atoms with E-state index < -0.39 is 6.10 Å². The highest BCUT2D eigenvalue weighted by Crippen LogP contribution is 2.17. The highest BCUT2D eigenvalue weighted by Gasteiger charge is 2.19. The minimum Gasteiger partial charge on any atom is -0.462 e. The zero-order valence-electron chi connectivity index (χ0n) is 40.4. The molecule has 0 fully saturated rings. The Kier molecular flexibility index (Phi) is 44.7. The fourth-order valence-corrected chi connectivity index (χ4v) is 7.99. The van der Waals surface area contributed by atoms with E-state index >= 15 is 0 Å². The Hall–Kier alpha value is -1.59. The van der Waals surface area contributed by atoms with Crippen LogP contribution >= 0.6 is 0 Å². The van der Waals surface area contributed by atoms with Crippen LogP contribution < -0.4 is 0 Å². The van der Waals surface area contributed by atoms with Gasteiger partial charge >= 0.3 is 17.9 Å². The molecule has 0 aromatic carbocycles. The van der Waals surface area contributed by atoms with Crippen molar-refractivity contribution >= 4 is 17.9 Å². The van der Waals surface area contributed by atoms with E-state index in [9.17, 15) is 14.4 Å². The van der Waals surface area contributed by atoms with E-state index in [2.05, 4.69) is 34.6 Å². The zero-order chi connectivity index (χ0) is 43.3. The van der Waals surface area contributed by atoms with Gasteiger partial charge in [-0.3, -0.25) is 14.4 Å². The molecule has 59 heavy (non-hydrogen) atoms. The average molecular weight is 835 g/mol. The molecule has 0 radical (unpaired) electrons. The lowest BCUT2D eigenvalue weighted by Gasteiger charge is -2.18. The quantitative estimate of drug-likeness (QED) is 0.0345. The van der Waals surface area contributed by atoms with Crippen LogP contribution in [0.25, 0.3) is 0 Å². The summed E-state index contributed by atoms with van der Waals surface area (Å²) in [4.78, 5) is 37.8. The summed E-state index contributed by atoms with van der Waals surface area (Å²) in [5.74, 6) is 0.835. The van der Waals surface area contributed by atoms with Crippen molar-refractivity contribution in [2.45, 2.75) is 298 Å².